The lowest BCUT2D eigenvalue weighted by molar-refractivity contribution is -0.131. The summed E-state index contributed by atoms with van der Waals surface area (Å²) in [6.45, 7) is 8.25. The van der Waals surface area contributed by atoms with Crippen LogP contribution in [-0.4, -0.2) is 123 Å². The van der Waals surface area contributed by atoms with Crippen molar-refractivity contribution in [1.82, 2.24) is 36.2 Å². The number of nitrogens with zero attached hydrogens (tertiary/aromatic N) is 3. The Morgan fingerprint density at radius 2 is 1.26 bits per heavy atom. The van der Waals surface area contributed by atoms with Gasteiger partial charge in [0.05, 0.1) is 18.8 Å². The quantitative estimate of drug-likeness (QED) is 0.110. The van der Waals surface area contributed by atoms with Crippen molar-refractivity contribution in [3.63, 3.8) is 0 Å². The van der Waals surface area contributed by atoms with Crippen molar-refractivity contribution in [1.29, 1.82) is 0 Å². The van der Waals surface area contributed by atoms with Crippen LogP contribution in [0.3, 0.4) is 0 Å². The maximum absolute atomic E-state index is 13.7. The number of hydrogen-bond donors (Lipinski definition) is 5. The molecule has 0 fully saturated rings. The summed E-state index contributed by atoms with van der Waals surface area (Å²) in [6, 6.07) is 13.4. The van der Waals surface area contributed by atoms with Gasteiger partial charge in [-0.1, -0.05) is 70.2 Å². The van der Waals surface area contributed by atoms with Crippen LogP contribution in [0, 0.1) is 11.8 Å². The van der Waals surface area contributed by atoms with E-state index in [-0.39, 0.29) is 31.3 Å². The molecule has 14 heteroatoms. The van der Waals surface area contributed by atoms with E-state index in [9.17, 15) is 24.3 Å². The fraction of sp³-hybridized carbons (Fsp3) is 0.556. The minimum absolute atomic E-state index is 0.0849. The van der Waals surface area contributed by atoms with E-state index in [1.54, 1.807) is 40.3 Å². The van der Waals surface area contributed by atoms with Crippen molar-refractivity contribution >= 4 is 23.9 Å². The number of rotatable bonds is 19. The van der Waals surface area contributed by atoms with E-state index < -0.39 is 48.1 Å². The van der Waals surface area contributed by atoms with Crippen LogP contribution in [0.5, 0.6) is 5.75 Å². The molecular weight excluding hydrogens is 642 g/mol. The third-order valence-corrected chi connectivity index (χ3v) is 7.89. The van der Waals surface area contributed by atoms with Crippen LogP contribution in [0.2, 0.25) is 0 Å². The maximum Gasteiger partial charge on any atom is 0.317 e. The zero-order chi connectivity index (χ0) is 37.4. The van der Waals surface area contributed by atoms with Crippen molar-refractivity contribution in [2.24, 2.45) is 11.8 Å². The Balaban J connectivity index is 2.41. The summed E-state index contributed by atoms with van der Waals surface area (Å²) in [7, 11) is 7.96. The van der Waals surface area contributed by atoms with E-state index >= 15 is 0 Å². The number of aliphatic hydroxyl groups is 1. The maximum atomic E-state index is 13.7. The minimum atomic E-state index is -1.18. The smallest absolute Gasteiger partial charge is 0.317 e. The van der Waals surface area contributed by atoms with Gasteiger partial charge < -0.3 is 40.3 Å². The monoisotopic (exact) mass is 699 g/mol. The van der Waals surface area contributed by atoms with Gasteiger partial charge in [-0.15, -0.1) is 0 Å². The molecule has 4 atom stereocenters. The Bertz CT molecular complexity index is 1340. The predicted octanol–water partition coefficient (Wildman–Crippen LogP) is 2.23. The summed E-state index contributed by atoms with van der Waals surface area (Å²) in [5.74, 6) is -0.738. The van der Waals surface area contributed by atoms with Gasteiger partial charge in [0.2, 0.25) is 5.91 Å². The highest BCUT2D eigenvalue weighted by Crippen LogP contribution is 2.16. The SMILES string of the molecule is COCCOc1ccc(CN(C[C@H](O)[C@H](Cc2ccccc2)NC(=O)[C@@H](NC(=O)N(C)C)C(C)C)NC(=O)[C@@H](NC(=O)N(C)C)C(C)C)cc1. The van der Waals surface area contributed by atoms with E-state index in [1.807, 2.05) is 82.3 Å². The first-order valence-electron chi connectivity index (χ1n) is 16.9. The molecule has 0 aromatic heterocycles. The van der Waals surface area contributed by atoms with Crippen LogP contribution in [0.1, 0.15) is 38.8 Å². The molecule has 0 saturated heterocycles. The number of urea groups is 2. The molecule has 50 heavy (non-hydrogen) atoms. The van der Waals surface area contributed by atoms with Crippen LogP contribution in [0.25, 0.3) is 0 Å². The zero-order valence-electron chi connectivity index (χ0n) is 30.9. The molecule has 0 aliphatic heterocycles. The number of ether oxygens (including phenoxy) is 2. The van der Waals surface area contributed by atoms with E-state index in [4.69, 9.17) is 9.47 Å². The fourth-order valence-corrected chi connectivity index (χ4v) is 4.90. The summed E-state index contributed by atoms with van der Waals surface area (Å²) >= 11 is 0. The molecule has 0 saturated carbocycles. The number of hydrazine groups is 1. The molecule has 0 bridgehead atoms. The molecular formula is C36H57N7O7. The first kappa shape index (κ1) is 41.8. The molecule has 5 N–H and O–H groups in total. The van der Waals surface area contributed by atoms with Gasteiger partial charge in [-0.25, -0.2) is 14.6 Å². The number of amides is 6. The van der Waals surface area contributed by atoms with Crippen LogP contribution < -0.4 is 26.1 Å². The molecule has 0 spiro atoms. The minimum Gasteiger partial charge on any atom is -0.491 e. The Labute approximate surface area is 296 Å². The lowest BCUT2D eigenvalue weighted by atomic mass is 9.98. The highest BCUT2D eigenvalue weighted by Gasteiger charge is 2.32. The second-order valence-electron chi connectivity index (χ2n) is 13.3. The average molecular weight is 700 g/mol. The topological polar surface area (TPSA) is 165 Å². The second kappa shape index (κ2) is 21.0. The van der Waals surface area contributed by atoms with Crippen molar-refractivity contribution in [2.45, 2.75) is 64.9 Å². The highest BCUT2D eigenvalue weighted by molar-refractivity contribution is 5.88. The average Bonchev–Trinajstić information content (AvgIpc) is 3.06. The Kier molecular flexibility index (Phi) is 17.5. The number of carbonyl (C=O) groups excluding carboxylic acids is 4. The van der Waals surface area contributed by atoms with E-state index in [2.05, 4.69) is 21.4 Å². The summed E-state index contributed by atoms with van der Waals surface area (Å²) in [6.07, 6.45) is -0.898. The number of methoxy groups -OCH3 is 1. The predicted molar refractivity (Wildman–Crippen MR) is 192 cm³/mol. The van der Waals surface area contributed by atoms with Crippen molar-refractivity contribution in [2.75, 3.05) is 55.1 Å². The third kappa shape index (κ3) is 14.2. The van der Waals surface area contributed by atoms with Crippen molar-refractivity contribution in [3.8, 4) is 5.75 Å². The lowest BCUT2D eigenvalue weighted by Crippen LogP contribution is -2.59. The summed E-state index contributed by atoms with van der Waals surface area (Å²) in [4.78, 5) is 55.0. The van der Waals surface area contributed by atoms with Crippen LogP contribution in [0.4, 0.5) is 9.59 Å². The van der Waals surface area contributed by atoms with Gasteiger partial charge >= 0.3 is 12.1 Å². The number of aliphatic hydroxyl groups excluding tert-OH is 1. The third-order valence-electron chi connectivity index (χ3n) is 7.89. The molecule has 0 unspecified atom stereocenters. The summed E-state index contributed by atoms with van der Waals surface area (Å²) in [5, 5.41) is 21.9. The van der Waals surface area contributed by atoms with Gasteiger partial charge in [0.25, 0.3) is 5.91 Å². The van der Waals surface area contributed by atoms with Gasteiger partial charge in [-0.05, 0) is 41.5 Å². The molecule has 2 aromatic rings. The molecule has 6 amide bonds. The van der Waals surface area contributed by atoms with Gasteiger partial charge in [-0.3, -0.25) is 15.0 Å². The molecule has 14 nitrogen and oxygen atoms in total. The first-order valence-corrected chi connectivity index (χ1v) is 16.9. The number of hydrogen-bond acceptors (Lipinski definition) is 8. The summed E-state index contributed by atoms with van der Waals surface area (Å²) < 4.78 is 10.7. The fourth-order valence-electron chi connectivity index (χ4n) is 4.90. The summed E-state index contributed by atoms with van der Waals surface area (Å²) in [5.41, 5.74) is 4.59. The van der Waals surface area contributed by atoms with Gasteiger partial charge in [-0.2, -0.15) is 0 Å². The highest BCUT2D eigenvalue weighted by atomic mass is 16.5. The number of nitrogens with one attached hydrogen (secondary N) is 4. The van der Waals surface area contributed by atoms with Crippen LogP contribution >= 0.6 is 0 Å². The van der Waals surface area contributed by atoms with Gasteiger partial charge in [0.15, 0.2) is 0 Å². The van der Waals surface area contributed by atoms with Gasteiger partial charge in [0, 0.05) is 48.4 Å². The van der Waals surface area contributed by atoms with Crippen molar-refractivity contribution in [3.05, 3.63) is 65.7 Å². The second-order valence-corrected chi connectivity index (χ2v) is 13.3. The molecule has 0 heterocycles. The van der Waals surface area contributed by atoms with Crippen LogP contribution in [-0.2, 0) is 27.3 Å². The molecule has 0 aliphatic rings. The molecule has 278 valence electrons. The first-order chi connectivity index (χ1) is 23.6. The Hall–Kier alpha value is -4.40. The van der Waals surface area contributed by atoms with E-state index in [0.29, 0.717) is 19.0 Å². The largest absolute Gasteiger partial charge is 0.491 e. The standard InChI is InChI=1S/C36H57N7O7/c1-24(2)31(38-35(47)41(5)6)33(45)37-29(21-26-13-11-10-12-14-26)30(44)23-43(22-27-15-17-28(18-16-27)50-20-19-49-9)40-34(46)32(25(3)4)39-36(48)42(7)8/h10-18,24-25,29-32,44H,19-23H2,1-9H3,(H,37,45)(H,38,47)(H,39,48)(H,40,46)/t29-,30-,31-,32-/m0/s1. The zero-order valence-corrected chi connectivity index (χ0v) is 30.9. The molecule has 2 rings (SSSR count). The molecule has 0 aliphatic carbocycles. The molecule has 0 radical (unpaired) electrons. The van der Waals surface area contributed by atoms with Crippen molar-refractivity contribution < 1.29 is 33.8 Å². The molecule has 2 aromatic carbocycles. The Morgan fingerprint density at radius 3 is 1.76 bits per heavy atom. The van der Waals surface area contributed by atoms with E-state index in [1.165, 1.54) is 9.80 Å². The van der Waals surface area contributed by atoms with E-state index in [0.717, 1.165) is 11.1 Å². The number of carbonyl (C=O) groups is 4. The number of benzene rings is 2. The van der Waals surface area contributed by atoms with Crippen LogP contribution in [0.15, 0.2) is 54.6 Å². The normalized spacial score (nSPS) is 13.6. The Morgan fingerprint density at radius 1 is 0.720 bits per heavy atom. The lowest BCUT2D eigenvalue weighted by Gasteiger charge is -2.33. The van der Waals surface area contributed by atoms with Gasteiger partial charge in [0.1, 0.15) is 24.4 Å².